The molecule has 2 aromatic rings. The van der Waals surface area contributed by atoms with Crippen LogP contribution in [0.3, 0.4) is 0 Å². The van der Waals surface area contributed by atoms with Crippen molar-refractivity contribution in [2.75, 3.05) is 25.7 Å². The van der Waals surface area contributed by atoms with Crippen LogP contribution in [0.4, 0.5) is 5.69 Å². The maximum Gasteiger partial charge on any atom is 0.319 e. The van der Waals surface area contributed by atoms with Crippen LogP contribution in [0.15, 0.2) is 42.5 Å². The van der Waals surface area contributed by atoms with Crippen LogP contribution in [0, 0.1) is 5.92 Å². The summed E-state index contributed by atoms with van der Waals surface area (Å²) in [6, 6.07) is 13.7. The first-order chi connectivity index (χ1) is 12.7. The zero-order valence-electron chi connectivity index (χ0n) is 14.9. The maximum absolute atomic E-state index is 13.2. The van der Waals surface area contributed by atoms with Gasteiger partial charge in [-0.2, -0.15) is 0 Å². The second-order valence-corrected chi connectivity index (χ2v) is 6.70. The van der Waals surface area contributed by atoms with Gasteiger partial charge in [0.25, 0.3) is 0 Å². The normalized spacial score (nSPS) is 21.2. The number of rotatable bonds is 3. The van der Waals surface area contributed by atoms with Crippen molar-refractivity contribution >= 4 is 17.6 Å². The highest BCUT2D eigenvalue weighted by atomic mass is 16.5. The molecule has 0 spiro atoms. The Morgan fingerprint density at radius 3 is 2.58 bits per heavy atom. The Bertz CT molecular complexity index is 859. The highest BCUT2D eigenvalue weighted by Gasteiger charge is 2.47. The Morgan fingerprint density at radius 2 is 1.88 bits per heavy atom. The number of carbonyl (C=O) groups is 2. The molecule has 2 aliphatic heterocycles. The lowest BCUT2D eigenvalue weighted by Gasteiger charge is -2.41. The molecule has 0 bridgehead atoms. The largest absolute Gasteiger partial charge is 0.497 e. The van der Waals surface area contributed by atoms with Crippen LogP contribution in [0.2, 0.25) is 0 Å². The number of aryl methyl sites for hydroxylation is 1. The lowest BCUT2D eigenvalue weighted by Crippen LogP contribution is -2.49. The van der Waals surface area contributed by atoms with Gasteiger partial charge in [-0.15, -0.1) is 0 Å². The standard InChI is InChI=1S/C21H21NO4/c1-25-15-10-8-13(9-11-15)17-16-7-3-5-14-6-4-12-22(19(14)16)20(23)18(17)21(24)26-2/h3,5,7-11,17-18H,4,6,12H2,1-2H3/t17-,18+/m0/s1. The van der Waals surface area contributed by atoms with Crippen molar-refractivity contribution in [2.45, 2.75) is 18.8 Å². The number of carbonyl (C=O) groups excluding carboxylic acids is 2. The predicted molar refractivity (Wildman–Crippen MR) is 97.5 cm³/mol. The van der Waals surface area contributed by atoms with Gasteiger partial charge in [-0.25, -0.2) is 0 Å². The Balaban J connectivity index is 1.92. The molecule has 2 aromatic carbocycles. The van der Waals surface area contributed by atoms with Crippen molar-refractivity contribution in [2.24, 2.45) is 5.92 Å². The summed E-state index contributed by atoms with van der Waals surface area (Å²) in [4.78, 5) is 27.6. The van der Waals surface area contributed by atoms with E-state index in [1.165, 1.54) is 12.7 Å². The van der Waals surface area contributed by atoms with Crippen LogP contribution < -0.4 is 9.64 Å². The summed E-state index contributed by atoms with van der Waals surface area (Å²) in [5.41, 5.74) is 4.07. The maximum atomic E-state index is 13.2. The fourth-order valence-electron chi connectivity index (χ4n) is 4.19. The van der Waals surface area contributed by atoms with Gasteiger partial charge in [0.15, 0.2) is 0 Å². The number of benzene rings is 2. The van der Waals surface area contributed by atoms with Gasteiger partial charge in [-0.1, -0.05) is 30.3 Å². The van der Waals surface area contributed by atoms with E-state index < -0.39 is 11.9 Å². The monoisotopic (exact) mass is 351 g/mol. The molecule has 0 aromatic heterocycles. The van der Waals surface area contributed by atoms with Gasteiger partial charge in [0.2, 0.25) is 5.91 Å². The summed E-state index contributed by atoms with van der Waals surface area (Å²) in [5, 5.41) is 0. The Hall–Kier alpha value is -2.82. The van der Waals surface area contributed by atoms with E-state index >= 15 is 0 Å². The van der Waals surface area contributed by atoms with E-state index in [4.69, 9.17) is 9.47 Å². The first-order valence-electron chi connectivity index (χ1n) is 8.80. The Labute approximate surface area is 152 Å². The van der Waals surface area contributed by atoms with Gasteiger partial charge in [0.1, 0.15) is 11.7 Å². The molecule has 0 unspecified atom stereocenters. The Morgan fingerprint density at radius 1 is 1.12 bits per heavy atom. The van der Waals surface area contributed by atoms with E-state index in [-0.39, 0.29) is 11.8 Å². The number of anilines is 1. The summed E-state index contributed by atoms with van der Waals surface area (Å²) in [6.07, 6.45) is 1.86. The third-order valence-electron chi connectivity index (χ3n) is 5.38. The smallest absolute Gasteiger partial charge is 0.319 e. The fourth-order valence-corrected chi connectivity index (χ4v) is 4.19. The topological polar surface area (TPSA) is 55.8 Å². The Kier molecular flexibility index (Phi) is 4.15. The van der Waals surface area contributed by atoms with E-state index in [2.05, 4.69) is 6.07 Å². The predicted octanol–water partition coefficient (Wildman–Crippen LogP) is 2.91. The van der Waals surface area contributed by atoms with Crippen molar-refractivity contribution in [3.8, 4) is 5.75 Å². The number of hydrogen-bond acceptors (Lipinski definition) is 4. The molecule has 0 N–H and O–H groups in total. The van der Waals surface area contributed by atoms with E-state index in [1.807, 2.05) is 36.4 Å². The van der Waals surface area contributed by atoms with Crippen LogP contribution in [-0.2, 0) is 20.7 Å². The van der Waals surface area contributed by atoms with Crippen molar-refractivity contribution in [3.63, 3.8) is 0 Å². The number of methoxy groups -OCH3 is 2. The van der Waals surface area contributed by atoms with E-state index in [0.717, 1.165) is 35.4 Å². The van der Waals surface area contributed by atoms with Gasteiger partial charge in [0.05, 0.1) is 19.9 Å². The van der Waals surface area contributed by atoms with Crippen LogP contribution in [0.25, 0.3) is 0 Å². The fraction of sp³-hybridized carbons (Fsp3) is 0.333. The summed E-state index contributed by atoms with van der Waals surface area (Å²) in [7, 11) is 2.95. The summed E-state index contributed by atoms with van der Waals surface area (Å²) in [6.45, 7) is 0.645. The number of hydrogen-bond donors (Lipinski definition) is 0. The van der Waals surface area contributed by atoms with Crippen LogP contribution in [0.1, 0.15) is 29.0 Å². The zero-order valence-corrected chi connectivity index (χ0v) is 14.9. The molecule has 5 heteroatoms. The molecule has 5 nitrogen and oxygen atoms in total. The minimum atomic E-state index is -0.866. The summed E-state index contributed by atoms with van der Waals surface area (Å²) in [5.74, 6) is -1.14. The van der Waals surface area contributed by atoms with Crippen molar-refractivity contribution in [1.82, 2.24) is 0 Å². The molecule has 134 valence electrons. The molecule has 26 heavy (non-hydrogen) atoms. The number of amides is 1. The minimum Gasteiger partial charge on any atom is -0.497 e. The quantitative estimate of drug-likeness (QED) is 0.630. The molecule has 0 aliphatic carbocycles. The average Bonchev–Trinajstić information content (AvgIpc) is 2.70. The number of esters is 1. The molecule has 2 aliphatic rings. The average molecular weight is 351 g/mol. The summed E-state index contributed by atoms with van der Waals surface area (Å²) >= 11 is 0. The first kappa shape index (κ1) is 16.6. The molecule has 4 rings (SSSR count). The molecule has 2 atom stereocenters. The lowest BCUT2D eigenvalue weighted by molar-refractivity contribution is -0.150. The van der Waals surface area contributed by atoms with Crippen LogP contribution in [0.5, 0.6) is 5.75 Å². The number of para-hydroxylation sites is 1. The molecule has 1 amide bonds. The highest BCUT2D eigenvalue weighted by Crippen LogP contribution is 2.47. The van der Waals surface area contributed by atoms with Gasteiger partial charge in [-0.05, 0) is 41.7 Å². The van der Waals surface area contributed by atoms with Gasteiger partial charge in [-0.3, -0.25) is 9.59 Å². The molecule has 2 heterocycles. The molecule has 0 radical (unpaired) electrons. The van der Waals surface area contributed by atoms with Crippen molar-refractivity contribution < 1.29 is 19.1 Å². The molecule has 0 fully saturated rings. The first-order valence-corrected chi connectivity index (χ1v) is 8.80. The van der Waals surface area contributed by atoms with Gasteiger partial charge >= 0.3 is 5.97 Å². The van der Waals surface area contributed by atoms with Crippen molar-refractivity contribution in [3.05, 3.63) is 59.2 Å². The second kappa shape index (κ2) is 6.48. The van der Waals surface area contributed by atoms with Gasteiger partial charge < -0.3 is 14.4 Å². The van der Waals surface area contributed by atoms with E-state index in [1.54, 1.807) is 12.0 Å². The highest BCUT2D eigenvalue weighted by molar-refractivity contribution is 6.10. The molecular formula is C21H21NO4. The minimum absolute atomic E-state index is 0.169. The molecule has 0 saturated heterocycles. The SMILES string of the molecule is COC(=O)[C@H]1C(=O)N2CCCc3cccc(c32)[C@@H]1c1ccc(OC)cc1. The van der Waals surface area contributed by atoms with E-state index in [0.29, 0.717) is 6.54 Å². The van der Waals surface area contributed by atoms with Crippen LogP contribution >= 0.6 is 0 Å². The second-order valence-electron chi connectivity index (χ2n) is 6.70. The summed E-state index contributed by atoms with van der Waals surface area (Å²) < 4.78 is 10.2. The zero-order chi connectivity index (χ0) is 18.3. The van der Waals surface area contributed by atoms with Gasteiger partial charge in [0, 0.05) is 12.5 Å². The van der Waals surface area contributed by atoms with Crippen LogP contribution in [-0.4, -0.2) is 32.6 Å². The molecular weight excluding hydrogens is 330 g/mol. The van der Waals surface area contributed by atoms with E-state index in [9.17, 15) is 9.59 Å². The third-order valence-corrected chi connectivity index (χ3v) is 5.38. The molecule has 0 saturated carbocycles. The number of nitrogens with zero attached hydrogens (tertiary/aromatic N) is 1. The lowest BCUT2D eigenvalue weighted by atomic mass is 9.74. The van der Waals surface area contributed by atoms with Crippen molar-refractivity contribution in [1.29, 1.82) is 0 Å². The number of ether oxygens (including phenoxy) is 2. The third kappa shape index (κ3) is 2.46.